The van der Waals surface area contributed by atoms with Crippen molar-refractivity contribution >= 4 is 15.9 Å². The molecule has 0 spiro atoms. The van der Waals surface area contributed by atoms with E-state index in [1.54, 1.807) is 0 Å². The van der Waals surface area contributed by atoms with Crippen LogP contribution in [0, 0.1) is 0 Å². The topological polar surface area (TPSA) is 39.2 Å². The summed E-state index contributed by atoms with van der Waals surface area (Å²) in [4.78, 5) is 0. The summed E-state index contributed by atoms with van der Waals surface area (Å²) in [5.41, 5.74) is 5.60. The van der Waals surface area contributed by atoms with Crippen molar-refractivity contribution in [3.8, 4) is 0 Å². The largest absolute Gasteiger partial charge is 0.454 e. The van der Waals surface area contributed by atoms with E-state index in [0.29, 0.717) is 0 Å². The van der Waals surface area contributed by atoms with E-state index in [0.717, 1.165) is 16.9 Å². The van der Waals surface area contributed by atoms with Gasteiger partial charge in [-0.2, -0.15) is 0 Å². The fourth-order valence-electron chi connectivity index (χ4n) is 0.896. The van der Waals surface area contributed by atoms with E-state index in [1.807, 2.05) is 26.0 Å². The first-order valence-corrected chi connectivity index (χ1v) is 4.30. The molecule has 0 bridgehead atoms. The summed E-state index contributed by atoms with van der Waals surface area (Å²) in [5.74, 6) is 0.921. The van der Waals surface area contributed by atoms with Crippen LogP contribution in [0.4, 0.5) is 0 Å². The lowest BCUT2D eigenvalue weighted by Gasteiger charge is -2.15. The number of halogens is 1. The zero-order chi connectivity index (χ0) is 8.48. The van der Waals surface area contributed by atoms with Gasteiger partial charge in [0.25, 0.3) is 0 Å². The van der Waals surface area contributed by atoms with Gasteiger partial charge >= 0.3 is 0 Å². The van der Waals surface area contributed by atoms with Crippen molar-refractivity contribution in [1.82, 2.24) is 0 Å². The number of nitrogens with two attached hydrogens (primary N) is 1. The highest BCUT2D eigenvalue weighted by molar-refractivity contribution is 9.10. The second-order valence-electron chi connectivity index (χ2n) is 3.37. The molecule has 1 aromatic heterocycles. The minimum absolute atomic E-state index is 0.197. The van der Waals surface area contributed by atoms with Crippen LogP contribution in [0.3, 0.4) is 0 Å². The molecule has 2 nitrogen and oxygen atoms in total. The average molecular weight is 218 g/mol. The molecule has 11 heavy (non-hydrogen) atoms. The first-order valence-electron chi connectivity index (χ1n) is 3.50. The highest BCUT2D eigenvalue weighted by Crippen LogP contribution is 2.17. The van der Waals surface area contributed by atoms with Crippen LogP contribution in [0.15, 0.2) is 21.2 Å². The second kappa shape index (κ2) is 2.99. The summed E-state index contributed by atoms with van der Waals surface area (Å²) in [6.45, 7) is 3.95. The van der Waals surface area contributed by atoms with Gasteiger partial charge in [-0.3, -0.25) is 0 Å². The molecule has 0 saturated carbocycles. The number of hydrogen-bond donors (Lipinski definition) is 1. The van der Waals surface area contributed by atoms with Crippen molar-refractivity contribution in [3.05, 3.63) is 22.6 Å². The van der Waals surface area contributed by atoms with Gasteiger partial charge in [-0.25, -0.2) is 0 Å². The van der Waals surface area contributed by atoms with Crippen LogP contribution in [0.1, 0.15) is 19.6 Å². The van der Waals surface area contributed by atoms with Gasteiger partial charge in [0, 0.05) is 12.0 Å². The Labute approximate surface area is 74.9 Å². The van der Waals surface area contributed by atoms with Gasteiger partial charge in [-0.15, -0.1) is 0 Å². The molecule has 0 fully saturated rings. The lowest BCUT2D eigenvalue weighted by atomic mass is 10.0. The number of furan rings is 1. The molecular formula is C8H12BrNO. The highest BCUT2D eigenvalue weighted by atomic mass is 79.9. The SMILES string of the molecule is CC(C)(N)Cc1ccc(Br)o1. The fraction of sp³-hybridized carbons (Fsp3) is 0.500. The van der Waals surface area contributed by atoms with Crippen molar-refractivity contribution in [2.45, 2.75) is 25.8 Å². The summed E-state index contributed by atoms with van der Waals surface area (Å²) in [6.07, 6.45) is 0.762. The molecule has 1 rings (SSSR count). The Bertz CT molecular complexity index is 236. The maximum absolute atomic E-state index is 5.80. The molecule has 1 aromatic rings. The highest BCUT2D eigenvalue weighted by Gasteiger charge is 2.13. The fourth-order valence-corrected chi connectivity index (χ4v) is 1.24. The standard InChI is InChI=1S/C8H12BrNO/c1-8(2,10)5-6-3-4-7(9)11-6/h3-4H,5,10H2,1-2H3. The van der Waals surface area contributed by atoms with Gasteiger partial charge < -0.3 is 10.2 Å². The Balaban J connectivity index is 2.65. The Morgan fingerprint density at radius 3 is 2.55 bits per heavy atom. The normalized spacial score (nSPS) is 12.0. The third kappa shape index (κ3) is 3.08. The molecule has 0 aliphatic heterocycles. The van der Waals surface area contributed by atoms with Crippen molar-refractivity contribution < 1.29 is 4.42 Å². The lowest BCUT2D eigenvalue weighted by Crippen LogP contribution is -2.34. The van der Waals surface area contributed by atoms with Crippen LogP contribution in [0.25, 0.3) is 0 Å². The van der Waals surface area contributed by atoms with Gasteiger partial charge in [0.15, 0.2) is 4.67 Å². The van der Waals surface area contributed by atoms with E-state index in [1.165, 1.54) is 0 Å². The van der Waals surface area contributed by atoms with Gasteiger partial charge in [0.1, 0.15) is 5.76 Å². The molecule has 0 aromatic carbocycles. The van der Waals surface area contributed by atoms with Crippen LogP contribution in [0.5, 0.6) is 0 Å². The van der Waals surface area contributed by atoms with Gasteiger partial charge in [-0.1, -0.05) is 0 Å². The number of rotatable bonds is 2. The van der Waals surface area contributed by atoms with E-state index in [4.69, 9.17) is 10.2 Å². The van der Waals surface area contributed by atoms with Crippen LogP contribution in [-0.4, -0.2) is 5.54 Å². The average Bonchev–Trinajstić information content (AvgIpc) is 2.10. The van der Waals surface area contributed by atoms with Gasteiger partial charge in [-0.05, 0) is 41.9 Å². The zero-order valence-electron chi connectivity index (χ0n) is 6.73. The predicted octanol–water partition coefficient (Wildman–Crippen LogP) is 2.32. The Hall–Kier alpha value is -0.280. The third-order valence-electron chi connectivity index (χ3n) is 1.26. The second-order valence-corrected chi connectivity index (χ2v) is 4.15. The maximum Gasteiger partial charge on any atom is 0.169 e. The molecule has 0 atom stereocenters. The lowest BCUT2D eigenvalue weighted by molar-refractivity contribution is 0.420. The molecule has 0 aliphatic rings. The molecule has 0 unspecified atom stereocenters. The van der Waals surface area contributed by atoms with Crippen molar-refractivity contribution in [2.24, 2.45) is 5.73 Å². The van der Waals surface area contributed by atoms with E-state index < -0.39 is 0 Å². The third-order valence-corrected chi connectivity index (χ3v) is 1.68. The molecule has 3 heteroatoms. The Kier molecular flexibility index (Phi) is 2.40. The minimum Gasteiger partial charge on any atom is -0.454 e. The molecule has 0 amide bonds. The Morgan fingerprint density at radius 2 is 2.18 bits per heavy atom. The minimum atomic E-state index is -0.197. The molecular weight excluding hydrogens is 206 g/mol. The number of hydrogen-bond acceptors (Lipinski definition) is 2. The monoisotopic (exact) mass is 217 g/mol. The quantitative estimate of drug-likeness (QED) is 0.827. The molecule has 1 heterocycles. The van der Waals surface area contributed by atoms with E-state index >= 15 is 0 Å². The van der Waals surface area contributed by atoms with Crippen LogP contribution < -0.4 is 5.73 Å². The summed E-state index contributed by atoms with van der Waals surface area (Å²) in [7, 11) is 0. The molecule has 0 saturated heterocycles. The summed E-state index contributed by atoms with van der Waals surface area (Å²) in [6, 6.07) is 3.81. The summed E-state index contributed by atoms with van der Waals surface area (Å²) >= 11 is 3.23. The van der Waals surface area contributed by atoms with E-state index in [2.05, 4.69) is 15.9 Å². The molecule has 62 valence electrons. The first-order chi connectivity index (χ1) is 4.97. The Morgan fingerprint density at radius 1 is 1.55 bits per heavy atom. The molecule has 0 aliphatic carbocycles. The van der Waals surface area contributed by atoms with Crippen LogP contribution in [-0.2, 0) is 6.42 Å². The zero-order valence-corrected chi connectivity index (χ0v) is 8.31. The van der Waals surface area contributed by atoms with Crippen LogP contribution >= 0.6 is 15.9 Å². The van der Waals surface area contributed by atoms with E-state index in [-0.39, 0.29) is 5.54 Å². The summed E-state index contributed by atoms with van der Waals surface area (Å²) in [5, 5.41) is 0. The van der Waals surface area contributed by atoms with Crippen molar-refractivity contribution in [1.29, 1.82) is 0 Å². The molecule has 0 radical (unpaired) electrons. The molecule has 2 N–H and O–H groups in total. The van der Waals surface area contributed by atoms with Gasteiger partial charge in [0.05, 0.1) is 0 Å². The predicted molar refractivity (Wildman–Crippen MR) is 48.4 cm³/mol. The maximum atomic E-state index is 5.80. The smallest absolute Gasteiger partial charge is 0.169 e. The first kappa shape index (κ1) is 8.81. The van der Waals surface area contributed by atoms with Crippen molar-refractivity contribution in [3.63, 3.8) is 0 Å². The van der Waals surface area contributed by atoms with Crippen molar-refractivity contribution in [2.75, 3.05) is 0 Å². The van der Waals surface area contributed by atoms with E-state index in [9.17, 15) is 0 Å². The van der Waals surface area contributed by atoms with Gasteiger partial charge in [0.2, 0.25) is 0 Å². The van der Waals surface area contributed by atoms with Crippen LogP contribution in [0.2, 0.25) is 0 Å². The summed E-state index contributed by atoms with van der Waals surface area (Å²) < 4.78 is 6.06.